The first-order chi connectivity index (χ1) is 8.94. The summed E-state index contributed by atoms with van der Waals surface area (Å²) in [6.07, 6.45) is 1.02. The predicted octanol–water partition coefficient (Wildman–Crippen LogP) is 2.08. The van der Waals surface area contributed by atoms with Crippen LogP contribution in [0.3, 0.4) is 0 Å². The van der Waals surface area contributed by atoms with Crippen LogP contribution in [0.25, 0.3) is 0 Å². The highest BCUT2D eigenvalue weighted by Gasteiger charge is 2.19. The Bertz CT molecular complexity index is 389. The first-order valence-corrected chi connectivity index (χ1v) is 6.96. The van der Waals surface area contributed by atoms with Gasteiger partial charge in [0.05, 0.1) is 0 Å². The van der Waals surface area contributed by atoms with Gasteiger partial charge in [0.2, 0.25) is 0 Å². The Morgan fingerprint density at radius 1 is 1.11 bits per heavy atom. The zero-order valence-electron chi connectivity index (χ0n) is 11.9. The van der Waals surface area contributed by atoms with Crippen molar-refractivity contribution >= 4 is 5.69 Å². The van der Waals surface area contributed by atoms with Crippen molar-refractivity contribution in [2.75, 3.05) is 37.6 Å². The number of piperazine rings is 1. The van der Waals surface area contributed by atoms with Crippen molar-refractivity contribution in [1.82, 2.24) is 4.90 Å². The van der Waals surface area contributed by atoms with Gasteiger partial charge in [-0.2, -0.15) is 0 Å². The number of anilines is 1. The van der Waals surface area contributed by atoms with Gasteiger partial charge in [0.15, 0.2) is 0 Å². The maximum absolute atomic E-state index is 12.9. The molecule has 1 aliphatic rings. The van der Waals surface area contributed by atoms with E-state index in [1.807, 2.05) is 12.1 Å². The Morgan fingerprint density at radius 3 is 2.21 bits per heavy atom. The summed E-state index contributed by atoms with van der Waals surface area (Å²) in [5.41, 5.74) is 7.03. The second-order valence-electron chi connectivity index (χ2n) is 6.04. The van der Waals surface area contributed by atoms with Gasteiger partial charge in [-0.25, -0.2) is 4.39 Å². The summed E-state index contributed by atoms with van der Waals surface area (Å²) in [7, 11) is 0. The van der Waals surface area contributed by atoms with Gasteiger partial charge in [0, 0.05) is 44.0 Å². The second-order valence-corrected chi connectivity index (χ2v) is 6.04. The topological polar surface area (TPSA) is 32.5 Å². The third kappa shape index (κ3) is 4.48. The van der Waals surface area contributed by atoms with Crippen LogP contribution in [0.4, 0.5) is 10.1 Å². The van der Waals surface area contributed by atoms with Crippen molar-refractivity contribution in [3.8, 4) is 0 Å². The first kappa shape index (κ1) is 14.3. The molecule has 0 unspecified atom stereocenters. The highest BCUT2D eigenvalue weighted by atomic mass is 19.1. The molecule has 0 spiro atoms. The fourth-order valence-corrected chi connectivity index (χ4v) is 2.33. The molecule has 19 heavy (non-hydrogen) atoms. The van der Waals surface area contributed by atoms with Crippen LogP contribution in [-0.4, -0.2) is 43.2 Å². The Hall–Kier alpha value is -1.13. The summed E-state index contributed by atoms with van der Waals surface area (Å²) in [5, 5.41) is 0. The molecule has 1 fully saturated rings. The monoisotopic (exact) mass is 265 g/mol. The molecular formula is C15H24FN3. The minimum atomic E-state index is -0.174. The van der Waals surface area contributed by atoms with Crippen molar-refractivity contribution in [3.05, 3.63) is 30.1 Å². The van der Waals surface area contributed by atoms with E-state index < -0.39 is 0 Å². The SMILES string of the molecule is CC(C)(N)CCN1CCN(c2ccc(F)cc2)CC1. The molecule has 0 amide bonds. The lowest BCUT2D eigenvalue weighted by molar-refractivity contribution is 0.236. The number of nitrogens with two attached hydrogens (primary N) is 1. The maximum Gasteiger partial charge on any atom is 0.123 e. The predicted molar refractivity (Wildman–Crippen MR) is 77.9 cm³/mol. The highest BCUT2D eigenvalue weighted by Crippen LogP contribution is 2.17. The minimum absolute atomic E-state index is 0.0892. The van der Waals surface area contributed by atoms with Gasteiger partial charge in [-0.15, -0.1) is 0 Å². The van der Waals surface area contributed by atoms with Crippen LogP contribution in [0, 0.1) is 5.82 Å². The molecule has 1 aromatic rings. The molecule has 0 radical (unpaired) electrons. The summed E-state index contributed by atoms with van der Waals surface area (Å²) in [6.45, 7) is 9.29. The maximum atomic E-state index is 12.9. The van der Waals surface area contributed by atoms with Gasteiger partial charge in [-0.05, 0) is 44.5 Å². The van der Waals surface area contributed by atoms with E-state index in [0.29, 0.717) is 0 Å². The van der Waals surface area contributed by atoms with Gasteiger partial charge >= 0.3 is 0 Å². The molecule has 1 saturated heterocycles. The number of benzene rings is 1. The van der Waals surface area contributed by atoms with Crippen molar-refractivity contribution in [2.24, 2.45) is 5.73 Å². The van der Waals surface area contributed by atoms with Crippen molar-refractivity contribution in [2.45, 2.75) is 25.8 Å². The smallest absolute Gasteiger partial charge is 0.123 e. The van der Waals surface area contributed by atoms with Gasteiger partial charge in [0.25, 0.3) is 0 Å². The van der Waals surface area contributed by atoms with Crippen LogP contribution < -0.4 is 10.6 Å². The van der Waals surface area contributed by atoms with Gasteiger partial charge in [-0.1, -0.05) is 0 Å². The Balaban J connectivity index is 1.81. The molecule has 0 bridgehead atoms. The molecular weight excluding hydrogens is 241 g/mol. The third-order valence-corrected chi connectivity index (χ3v) is 3.64. The molecule has 3 nitrogen and oxygen atoms in total. The summed E-state index contributed by atoms with van der Waals surface area (Å²) >= 11 is 0. The van der Waals surface area contributed by atoms with Crippen molar-refractivity contribution < 1.29 is 4.39 Å². The van der Waals surface area contributed by atoms with Crippen molar-refractivity contribution in [3.63, 3.8) is 0 Å². The number of rotatable bonds is 4. The largest absolute Gasteiger partial charge is 0.369 e. The van der Waals surface area contributed by atoms with Gasteiger partial charge < -0.3 is 10.6 Å². The van der Waals surface area contributed by atoms with E-state index in [-0.39, 0.29) is 11.4 Å². The van der Waals surface area contributed by atoms with Gasteiger partial charge in [0.1, 0.15) is 5.82 Å². The van der Waals surface area contributed by atoms with E-state index in [1.54, 1.807) is 0 Å². The van der Waals surface area contributed by atoms with Crippen LogP contribution in [0.5, 0.6) is 0 Å². The second kappa shape index (κ2) is 5.88. The lowest BCUT2D eigenvalue weighted by atomic mass is 10.0. The first-order valence-electron chi connectivity index (χ1n) is 6.96. The van der Waals surface area contributed by atoms with Crippen LogP contribution in [0.15, 0.2) is 24.3 Å². The van der Waals surface area contributed by atoms with E-state index in [0.717, 1.165) is 44.8 Å². The average Bonchev–Trinajstić information content (AvgIpc) is 2.37. The van der Waals surface area contributed by atoms with E-state index in [2.05, 4.69) is 23.6 Å². The van der Waals surface area contributed by atoms with E-state index in [9.17, 15) is 4.39 Å². The molecule has 1 aromatic carbocycles. The Labute approximate surface area is 115 Å². The number of halogens is 1. The zero-order valence-corrected chi connectivity index (χ0v) is 11.9. The summed E-state index contributed by atoms with van der Waals surface area (Å²) in [4.78, 5) is 4.76. The lowest BCUT2D eigenvalue weighted by Gasteiger charge is -2.37. The summed E-state index contributed by atoms with van der Waals surface area (Å²) in [6, 6.07) is 6.76. The Kier molecular flexibility index (Phi) is 4.42. The van der Waals surface area contributed by atoms with Gasteiger partial charge in [-0.3, -0.25) is 4.90 Å². The van der Waals surface area contributed by atoms with E-state index in [1.165, 1.54) is 12.1 Å². The molecule has 4 heteroatoms. The zero-order chi connectivity index (χ0) is 13.9. The minimum Gasteiger partial charge on any atom is -0.369 e. The molecule has 2 rings (SSSR count). The quantitative estimate of drug-likeness (QED) is 0.904. The highest BCUT2D eigenvalue weighted by molar-refractivity contribution is 5.46. The molecule has 1 aliphatic heterocycles. The molecule has 0 atom stereocenters. The standard InChI is InChI=1S/C15H24FN3/c1-15(2,17)7-8-18-9-11-19(12-10-18)14-5-3-13(16)4-6-14/h3-6H,7-12,17H2,1-2H3. The number of hydrogen-bond acceptors (Lipinski definition) is 3. The molecule has 0 aliphatic carbocycles. The number of hydrogen-bond donors (Lipinski definition) is 1. The van der Waals surface area contributed by atoms with E-state index in [4.69, 9.17) is 5.73 Å². The van der Waals surface area contributed by atoms with Crippen LogP contribution in [0.2, 0.25) is 0 Å². The molecule has 0 saturated carbocycles. The van der Waals surface area contributed by atoms with Crippen LogP contribution in [0.1, 0.15) is 20.3 Å². The Morgan fingerprint density at radius 2 is 1.68 bits per heavy atom. The van der Waals surface area contributed by atoms with E-state index >= 15 is 0 Å². The van der Waals surface area contributed by atoms with Crippen LogP contribution >= 0.6 is 0 Å². The van der Waals surface area contributed by atoms with Crippen LogP contribution in [-0.2, 0) is 0 Å². The fourth-order valence-electron chi connectivity index (χ4n) is 2.33. The lowest BCUT2D eigenvalue weighted by Crippen LogP contribution is -2.48. The third-order valence-electron chi connectivity index (χ3n) is 3.64. The average molecular weight is 265 g/mol. The molecule has 106 valence electrons. The molecule has 1 heterocycles. The van der Waals surface area contributed by atoms with Crippen molar-refractivity contribution in [1.29, 1.82) is 0 Å². The molecule has 0 aromatic heterocycles. The fraction of sp³-hybridized carbons (Fsp3) is 0.600. The molecule has 2 N–H and O–H groups in total. The summed E-state index contributed by atoms with van der Waals surface area (Å²) in [5.74, 6) is -0.174. The summed E-state index contributed by atoms with van der Waals surface area (Å²) < 4.78 is 12.9. The number of nitrogens with zero attached hydrogens (tertiary/aromatic N) is 2. The normalized spacial score (nSPS) is 17.8.